The number of hydrogen-bond donors (Lipinski definition) is 1. The highest BCUT2D eigenvalue weighted by Crippen LogP contribution is 2.29. The van der Waals surface area contributed by atoms with Crippen LogP contribution < -0.4 is 16.3 Å². The molecule has 10 heteroatoms. The predicted octanol–water partition coefficient (Wildman–Crippen LogP) is 2.27. The number of benzene rings is 1. The molecule has 4 heterocycles. The molecule has 2 aromatic heterocycles. The fourth-order valence-corrected chi connectivity index (χ4v) is 4.99. The second kappa shape index (κ2) is 10.2. The average Bonchev–Trinajstić information content (AvgIpc) is 2.87. The van der Waals surface area contributed by atoms with Gasteiger partial charge in [0.25, 0.3) is 11.5 Å². The molecule has 2 saturated heterocycles. The number of likely N-dealkylation sites (tertiary alicyclic amines) is 1. The first-order valence-corrected chi connectivity index (χ1v) is 13.3. The van der Waals surface area contributed by atoms with Crippen LogP contribution in [0.5, 0.6) is 0 Å². The van der Waals surface area contributed by atoms with E-state index in [1.807, 2.05) is 37.3 Å². The largest absolute Gasteiger partial charge is 0.495 e. The van der Waals surface area contributed by atoms with Crippen LogP contribution in [0.2, 0.25) is 0 Å². The van der Waals surface area contributed by atoms with E-state index in [2.05, 4.69) is 38.0 Å². The van der Waals surface area contributed by atoms with Crippen LogP contribution in [0.1, 0.15) is 49.2 Å². The van der Waals surface area contributed by atoms with E-state index in [0.29, 0.717) is 42.8 Å². The Morgan fingerprint density at radius 3 is 2.33 bits per heavy atom. The molecule has 2 aliphatic heterocycles. The summed E-state index contributed by atoms with van der Waals surface area (Å²) in [5, 5.41) is 3.40. The van der Waals surface area contributed by atoms with Crippen molar-refractivity contribution in [3.8, 4) is 0 Å². The molecular formula is C29H35BN4O5. The number of aromatic nitrogens is 2. The van der Waals surface area contributed by atoms with Crippen molar-refractivity contribution in [2.75, 3.05) is 26.3 Å². The Kier molecular flexibility index (Phi) is 7.11. The van der Waals surface area contributed by atoms with Crippen LogP contribution in [0.4, 0.5) is 0 Å². The third-order valence-electron chi connectivity index (χ3n) is 7.17. The highest BCUT2D eigenvalue weighted by Gasteiger charge is 2.37. The molecule has 5 rings (SSSR count). The summed E-state index contributed by atoms with van der Waals surface area (Å²) < 4.78 is 13.2. The van der Waals surface area contributed by atoms with Gasteiger partial charge in [0.1, 0.15) is 17.8 Å². The van der Waals surface area contributed by atoms with Crippen molar-refractivity contribution < 1.29 is 18.9 Å². The Morgan fingerprint density at radius 2 is 1.69 bits per heavy atom. The Labute approximate surface area is 228 Å². The van der Waals surface area contributed by atoms with E-state index >= 15 is 0 Å². The summed E-state index contributed by atoms with van der Waals surface area (Å²) in [6.45, 7) is 12.7. The maximum atomic E-state index is 13.6. The first kappa shape index (κ1) is 27.1. The smallest absolute Gasteiger partial charge is 0.407 e. The molecule has 0 atom stereocenters. The Morgan fingerprint density at radius 1 is 1.03 bits per heavy atom. The second-order valence-electron chi connectivity index (χ2n) is 12.3. The molecule has 2 amide bonds. The molecule has 0 aliphatic carbocycles. The SMILES string of the molecule is Cc1ccc(CNC(=O)c2cc3cc(B4OCC(C)(C)CO4)cnc3n(CC(=O)N3CC(C)(C)C3)c2=O)cc1. The van der Waals surface area contributed by atoms with Crippen molar-refractivity contribution in [3.05, 3.63) is 69.6 Å². The lowest BCUT2D eigenvalue weighted by Gasteiger charge is -2.45. The van der Waals surface area contributed by atoms with E-state index in [9.17, 15) is 14.4 Å². The normalized spacial score (nSPS) is 18.1. The van der Waals surface area contributed by atoms with Gasteiger partial charge in [0.2, 0.25) is 5.91 Å². The molecular weight excluding hydrogens is 495 g/mol. The Hall–Kier alpha value is -3.50. The number of pyridine rings is 2. The van der Waals surface area contributed by atoms with Crippen LogP contribution in [-0.2, 0) is 27.2 Å². The first-order chi connectivity index (χ1) is 18.4. The van der Waals surface area contributed by atoms with Crippen LogP contribution in [0.15, 0.2) is 47.4 Å². The van der Waals surface area contributed by atoms with Gasteiger partial charge in [-0.15, -0.1) is 0 Å². The van der Waals surface area contributed by atoms with Crippen LogP contribution in [0.25, 0.3) is 11.0 Å². The van der Waals surface area contributed by atoms with E-state index in [1.165, 1.54) is 4.57 Å². The monoisotopic (exact) mass is 530 g/mol. The van der Waals surface area contributed by atoms with Gasteiger partial charge in [0, 0.05) is 55.3 Å². The minimum atomic E-state index is -0.598. The van der Waals surface area contributed by atoms with Gasteiger partial charge in [0.15, 0.2) is 0 Å². The van der Waals surface area contributed by atoms with Crippen LogP contribution >= 0.6 is 0 Å². The van der Waals surface area contributed by atoms with Gasteiger partial charge in [-0.25, -0.2) is 4.98 Å². The third-order valence-corrected chi connectivity index (χ3v) is 7.17. The summed E-state index contributed by atoms with van der Waals surface area (Å²) in [4.78, 5) is 46.2. The number of nitrogens with one attached hydrogen (secondary N) is 1. The maximum Gasteiger partial charge on any atom is 0.495 e. The molecule has 1 N–H and O–H groups in total. The number of fused-ring (bicyclic) bond motifs is 1. The molecule has 204 valence electrons. The van der Waals surface area contributed by atoms with Gasteiger partial charge >= 0.3 is 7.12 Å². The molecule has 0 bridgehead atoms. The van der Waals surface area contributed by atoms with E-state index in [1.54, 1.807) is 17.2 Å². The summed E-state index contributed by atoms with van der Waals surface area (Å²) >= 11 is 0. The zero-order chi connectivity index (χ0) is 27.9. The van der Waals surface area contributed by atoms with Gasteiger partial charge in [-0.05, 0) is 30.0 Å². The van der Waals surface area contributed by atoms with Crippen molar-refractivity contribution in [3.63, 3.8) is 0 Å². The molecule has 1 aromatic carbocycles. The molecule has 0 spiro atoms. The predicted molar refractivity (Wildman–Crippen MR) is 150 cm³/mol. The zero-order valence-electron chi connectivity index (χ0n) is 23.2. The molecule has 0 radical (unpaired) electrons. The lowest BCUT2D eigenvalue weighted by molar-refractivity contribution is -0.142. The van der Waals surface area contributed by atoms with Crippen molar-refractivity contribution in [2.24, 2.45) is 10.8 Å². The summed E-state index contributed by atoms with van der Waals surface area (Å²) in [5.41, 5.74) is 2.44. The number of amides is 2. The van der Waals surface area contributed by atoms with Gasteiger partial charge < -0.3 is 19.5 Å². The average molecular weight is 530 g/mol. The summed E-state index contributed by atoms with van der Waals surface area (Å²) in [6.07, 6.45) is 1.61. The molecule has 3 aromatic rings. The summed E-state index contributed by atoms with van der Waals surface area (Å²) in [5.74, 6) is -0.687. The van der Waals surface area contributed by atoms with Crippen LogP contribution in [0, 0.1) is 17.8 Å². The second-order valence-corrected chi connectivity index (χ2v) is 12.3. The summed E-state index contributed by atoms with van der Waals surface area (Å²) in [6, 6.07) is 11.2. The van der Waals surface area contributed by atoms with Gasteiger partial charge in [0.05, 0.1) is 0 Å². The highest BCUT2D eigenvalue weighted by atomic mass is 16.6. The molecule has 2 fully saturated rings. The molecule has 9 nitrogen and oxygen atoms in total. The van der Waals surface area contributed by atoms with Crippen molar-refractivity contribution in [1.82, 2.24) is 19.8 Å². The van der Waals surface area contributed by atoms with Gasteiger partial charge in [-0.2, -0.15) is 0 Å². The quantitative estimate of drug-likeness (QED) is 0.491. The number of hydrogen-bond acceptors (Lipinski definition) is 6. The standard InChI is InChI=1S/C29H35BN4O5/c1-19-6-8-20(9-7-19)12-32-26(36)23-11-21-10-22(30-38-17-29(4,5)18-39-30)13-31-25(21)34(27(23)37)14-24(35)33-15-28(2,3)16-33/h6-11,13H,12,14-18H2,1-5H3,(H,32,36). The first-order valence-electron chi connectivity index (χ1n) is 13.3. The number of aryl methyl sites for hydroxylation is 1. The van der Waals surface area contributed by atoms with Crippen LogP contribution in [-0.4, -0.2) is 59.7 Å². The molecule has 2 aliphatic rings. The Balaban J connectivity index is 1.47. The van der Waals surface area contributed by atoms with Crippen molar-refractivity contribution >= 4 is 35.4 Å². The molecule has 0 saturated carbocycles. The van der Waals surface area contributed by atoms with E-state index < -0.39 is 18.6 Å². The van der Waals surface area contributed by atoms with E-state index in [0.717, 1.165) is 11.1 Å². The minimum absolute atomic E-state index is 0.0445. The van der Waals surface area contributed by atoms with Gasteiger partial charge in [-0.1, -0.05) is 57.5 Å². The fraction of sp³-hybridized carbons (Fsp3) is 0.448. The number of carbonyl (C=O) groups excluding carboxylic acids is 2. The van der Waals surface area contributed by atoms with Crippen LogP contribution in [0.3, 0.4) is 0 Å². The van der Waals surface area contributed by atoms with E-state index in [4.69, 9.17) is 9.31 Å². The van der Waals surface area contributed by atoms with Gasteiger partial charge in [-0.3, -0.25) is 19.0 Å². The van der Waals surface area contributed by atoms with Crippen molar-refractivity contribution in [2.45, 2.75) is 47.7 Å². The summed E-state index contributed by atoms with van der Waals surface area (Å²) in [7, 11) is -0.598. The maximum absolute atomic E-state index is 13.6. The minimum Gasteiger partial charge on any atom is -0.407 e. The fourth-order valence-electron chi connectivity index (χ4n) is 4.99. The zero-order valence-corrected chi connectivity index (χ0v) is 23.2. The Bertz CT molecular complexity index is 1460. The van der Waals surface area contributed by atoms with E-state index in [-0.39, 0.29) is 35.4 Å². The third kappa shape index (κ3) is 5.92. The lowest BCUT2D eigenvalue weighted by atomic mass is 9.76. The molecule has 39 heavy (non-hydrogen) atoms. The molecule has 0 unspecified atom stereocenters. The number of rotatable bonds is 6. The topological polar surface area (TPSA) is 103 Å². The van der Waals surface area contributed by atoms with Crippen molar-refractivity contribution in [1.29, 1.82) is 0 Å². The highest BCUT2D eigenvalue weighted by molar-refractivity contribution is 6.61. The number of carbonyl (C=O) groups is 2. The lowest BCUT2D eigenvalue weighted by Crippen LogP contribution is -2.56. The number of nitrogens with zero attached hydrogens (tertiary/aromatic N) is 3.